The lowest BCUT2D eigenvalue weighted by atomic mass is 10.1. The molecule has 2 aromatic rings. The van der Waals surface area contributed by atoms with Crippen LogP contribution in [0, 0.1) is 0 Å². The summed E-state index contributed by atoms with van der Waals surface area (Å²) in [4.78, 5) is 11.2. The lowest BCUT2D eigenvalue weighted by Gasteiger charge is -2.02. The van der Waals surface area contributed by atoms with Gasteiger partial charge in [0.25, 0.3) is 0 Å². The number of carbonyl (C=O) groups is 1. The molecule has 0 aliphatic rings. The third-order valence-corrected chi connectivity index (χ3v) is 2.79. The fourth-order valence-corrected chi connectivity index (χ4v) is 1.85. The molecule has 0 amide bonds. The molecule has 0 unspecified atom stereocenters. The zero-order valence-corrected chi connectivity index (χ0v) is 10.7. The standard InChI is InChI=1S/C14H15N3O2/c1-3-7-17-14(15)12(9-18)13(16-17)10-5-4-6-11(8-10)19-2/h3-6,8-9H,1,7,15H2,2H3. The topological polar surface area (TPSA) is 70.1 Å². The highest BCUT2D eigenvalue weighted by atomic mass is 16.5. The third kappa shape index (κ3) is 2.35. The average Bonchev–Trinajstić information content (AvgIpc) is 2.76. The van der Waals surface area contributed by atoms with Crippen LogP contribution in [-0.4, -0.2) is 23.2 Å². The molecule has 0 fully saturated rings. The van der Waals surface area contributed by atoms with Gasteiger partial charge in [-0.2, -0.15) is 5.10 Å². The van der Waals surface area contributed by atoms with Gasteiger partial charge in [-0.15, -0.1) is 6.58 Å². The van der Waals surface area contributed by atoms with Crippen LogP contribution in [0.1, 0.15) is 10.4 Å². The number of hydrogen-bond acceptors (Lipinski definition) is 4. The number of nitrogen functional groups attached to an aromatic ring is 1. The quantitative estimate of drug-likeness (QED) is 0.658. The molecule has 0 spiro atoms. The number of rotatable bonds is 5. The monoisotopic (exact) mass is 257 g/mol. The summed E-state index contributed by atoms with van der Waals surface area (Å²) in [7, 11) is 1.59. The van der Waals surface area contributed by atoms with Gasteiger partial charge in [-0.05, 0) is 12.1 Å². The second kappa shape index (κ2) is 5.39. The average molecular weight is 257 g/mol. The number of nitrogens with two attached hydrogens (primary N) is 1. The van der Waals surface area contributed by atoms with Crippen LogP contribution in [0.15, 0.2) is 36.9 Å². The number of anilines is 1. The molecule has 2 N–H and O–H groups in total. The molecule has 0 saturated carbocycles. The Morgan fingerprint density at radius 3 is 2.95 bits per heavy atom. The Morgan fingerprint density at radius 1 is 1.53 bits per heavy atom. The highest BCUT2D eigenvalue weighted by Gasteiger charge is 2.16. The van der Waals surface area contributed by atoms with E-state index in [-0.39, 0.29) is 0 Å². The molecule has 2 rings (SSSR count). The van der Waals surface area contributed by atoms with E-state index in [4.69, 9.17) is 10.5 Å². The van der Waals surface area contributed by atoms with Crippen LogP contribution in [0.3, 0.4) is 0 Å². The van der Waals surface area contributed by atoms with Crippen molar-refractivity contribution in [3.8, 4) is 17.0 Å². The van der Waals surface area contributed by atoms with Crippen LogP contribution in [-0.2, 0) is 6.54 Å². The second-order valence-corrected chi connectivity index (χ2v) is 3.97. The number of aldehydes is 1. The van der Waals surface area contributed by atoms with Gasteiger partial charge in [0.2, 0.25) is 0 Å². The van der Waals surface area contributed by atoms with E-state index in [2.05, 4.69) is 11.7 Å². The summed E-state index contributed by atoms with van der Waals surface area (Å²) in [6.07, 6.45) is 2.39. The molecule has 0 aliphatic heterocycles. The van der Waals surface area contributed by atoms with E-state index >= 15 is 0 Å². The summed E-state index contributed by atoms with van der Waals surface area (Å²) in [6, 6.07) is 7.34. The first-order chi connectivity index (χ1) is 9.21. The van der Waals surface area contributed by atoms with Gasteiger partial charge in [-0.1, -0.05) is 18.2 Å². The minimum Gasteiger partial charge on any atom is -0.497 e. The van der Waals surface area contributed by atoms with E-state index in [1.807, 2.05) is 24.3 Å². The van der Waals surface area contributed by atoms with E-state index in [0.29, 0.717) is 29.4 Å². The molecule has 5 heteroatoms. The van der Waals surface area contributed by atoms with Gasteiger partial charge in [0.05, 0.1) is 19.2 Å². The van der Waals surface area contributed by atoms with Gasteiger partial charge in [-0.3, -0.25) is 4.79 Å². The van der Waals surface area contributed by atoms with Gasteiger partial charge in [0.15, 0.2) is 6.29 Å². The molecule has 0 atom stereocenters. The van der Waals surface area contributed by atoms with Crippen LogP contribution in [0.25, 0.3) is 11.3 Å². The molecule has 19 heavy (non-hydrogen) atoms. The van der Waals surface area contributed by atoms with Gasteiger partial charge in [0.1, 0.15) is 17.3 Å². The molecule has 0 saturated heterocycles. The number of carbonyl (C=O) groups excluding carboxylic acids is 1. The summed E-state index contributed by atoms with van der Waals surface area (Å²) < 4.78 is 6.71. The number of allylic oxidation sites excluding steroid dienone is 1. The van der Waals surface area contributed by atoms with Crippen molar-refractivity contribution in [2.75, 3.05) is 12.8 Å². The Labute approximate surface area is 111 Å². The Morgan fingerprint density at radius 2 is 2.32 bits per heavy atom. The molecular weight excluding hydrogens is 242 g/mol. The fourth-order valence-electron chi connectivity index (χ4n) is 1.85. The van der Waals surface area contributed by atoms with Crippen LogP contribution in [0.5, 0.6) is 5.75 Å². The Balaban J connectivity index is 2.57. The number of nitrogens with zero attached hydrogens (tertiary/aromatic N) is 2. The first-order valence-corrected chi connectivity index (χ1v) is 5.78. The van der Waals surface area contributed by atoms with Gasteiger partial charge in [-0.25, -0.2) is 4.68 Å². The van der Waals surface area contributed by atoms with Crippen molar-refractivity contribution < 1.29 is 9.53 Å². The maximum Gasteiger partial charge on any atom is 0.156 e. The Bertz CT molecular complexity index is 617. The van der Waals surface area contributed by atoms with Crippen molar-refractivity contribution in [1.82, 2.24) is 9.78 Å². The van der Waals surface area contributed by atoms with Crippen LogP contribution in [0.4, 0.5) is 5.82 Å². The summed E-state index contributed by atoms with van der Waals surface area (Å²) in [5.41, 5.74) is 7.62. The van der Waals surface area contributed by atoms with Gasteiger partial charge >= 0.3 is 0 Å². The van der Waals surface area contributed by atoms with Crippen LogP contribution in [0.2, 0.25) is 0 Å². The molecule has 0 aliphatic carbocycles. The third-order valence-electron chi connectivity index (χ3n) is 2.79. The van der Waals surface area contributed by atoms with E-state index in [1.54, 1.807) is 17.9 Å². The maximum atomic E-state index is 11.2. The van der Waals surface area contributed by atoms with Crippen molar-refractivity contribution in [1.29, 1.82) is 0 Å². The van der Waals surface area contributed by atoms with Crippen molar-refractivity contribution in [3.05, 3.63) is 42.5 Å². The Hall–Kier alpha value is -2.56. The number of aromatic nitrogens is 2. The SMILES string of the molecule is C=CCn1nc(-c2cccc(OC)c2)c(C=O)c1N. The maximum absolute atomic E-state index is 11.2. The number of methoxy groups -OCH3 is 1. The molecule has 1 aromatic heterocycles. The molecule has 1 heterocycles. The first kappa shape index (κ1) is 12.9. The minimum absolute atomic E-state index is 0.340. The predicted octanol–water partition coefficient (Wildman–Crippen LogP) is 2.14. The largest absolute Gasteiger partial charge is 0.497 e. The number of ether oxygens (including phenoxy) is 1. The van der Waals surface area contributed by atoms with Gasteiger partial charge < -0.3 is 10.5 Å². The zero-order chi connectivity index (χ0) is 13.8. The molecule has 5 nitrogen and oxygen atoms in total. The van der Waals surface area contributed by atoms with Gasteiger partial charge in [0, 0.05) is 5.56 Å². The highest BCUT2D eigenvalue weighted by molar-refractivity contribution is 5.91. The van der Waals surface area contributed by atoms with E-state index in [1.165, 1.54) is 0 Å². The van der Waals surface area contributed by atoms with E-state index < -0.39 is 0 Å². The van der Waals surface area contributed by atoms with Crippen molar-refractivity contribution in [2.45, 2.75) is 6.54 Å². The van der Waals surface area contributed by atoms with E-state index in [9.17, 15) is 4.79 Å². The first-order valence-electron chi connectivity index (χ1n) is 5.78. The smallest absolute Gasteiger partial charge is 0.156 e. The van der Waals surface area contributed by atoms with Crippen LogP contribution < -0.4 is 10.5 Å². The van der Waals surface area contributed by atoms with Crippen molar-refractivity contribution in [2.24, 2.45) is 0 Å². The molecule has 0 radical (unpaired) electrons. The summed E-state index contributed by atoms with van der Waals surface area (Å²) >= 11 is 0. The fraction of sp³-hybridized carbons (Fsp3) is 0.143. The van der Waals surface area contributed by atoms with Crippen molar-refractivity contribution in [3.63, 3.8) is 0 Å². The lowest BCUT2D eigenvalue weighted by Crippen LogP contribution is -2.03. The predicted molar refractivity (Wildman–Crippen MR) is 74.2 cm³/mol. The summed E-state index contributed by atoms with van der Waals surface area (Å²) in [6.45, 7) is 4.09. The van der Waals surface area contributed by atoms with Crippen molar-refractivity contribution >= 4 is 12.1 Å². The second-order valence-electron chi connectivity index (χ2n) is 3.97. The summed E-state index contributed by atoms with van der Waals surface area (Å²) in [5.74, 6) is 1.04. The molecule has 1 aromatic carbocycles. The van der Waals surface area contributed by atoms with E-state index in [0.717, 1.165) is 11.8 Å². The highest BCUT2D eigenvalue weighted by Crippen LogP contribution is 2.28. The molecule has 0 bridgehead atoms. The Kier molecular flexibility index (Phi) is 3.66. The normalized spacial score (nSPS) is 10.2. The molecular formula is C14H15N3O2. The zero-order valence-electron chi connectivity index (χ0n) is 10.7. The lowest BCUT2D eigenvalue weighted by molar-refractivity contribution is 0.112. The summed E-state index contributed by atoms with van der Waals surface area (Å²) in [5, 5.41) is 4.35. The minimum atomic E-state index is 0.340. The number of benzene rings is 1. The number of hydrogen-bond donors (Lipinski definition) is 1. The van der Waals surface area contributed by atoms with Crippen LogP contribution >= 0.6 is 0 Å². The molecule has 98 valence electrons.